The van der Waals surface area contributed by atoms with Crippen LogP contribution in [0.3, 0.4) is 0 Å². The molecule has 2 heteroatoms. The molecule has 0 N–H and O–H groups in total. The van der Waals surface area contributed by atoms with E-state index in [0.29, 0.717) is 0 Å². The van der Waals surface area contributed by atoms with E-state index in [4.69, 9.17) is 4.98 Å². The summed E-state index contributed by atoms with van der Waals surface area (Å²) >= 11 is 0. The standard InChI is InChI=1S/C24H22N2/c1-3-26-23(20-12-8-5-9-13-20)22(19-10-6-4-7-11-19)25-24(26)21-16-14-18(2)15-17-21/h4-17H,3H2,1-2H3. The molecule has 0 radical (unpaired) electrons. The molecule has 3 aromatic carbocycles. The average molecular weight is 338 g/mol. The van der Waals surface area contributed by atoms with Gasteiger partial charge in [-0.2, -0.15) is 0 Å². The molecular weight excluding hydrogens is 316 g/mol. The molecule has 0 unspecified atom stereocenters. The van der Waals surface area contributed by atoms with Gasteiger partial charge in [0.05, 0.1) is 11.4 Å². The Bertz CT molecular complexity index is 998. The predicted octanol–water partition coefficient (Wildman–Crippen LogP) is 6.21. The fraction of sp³-hybridized carbons (Fsp3) is 0.125. The maximum Gasteiger partial charge on any atom is 0.141 e. The van der Waals surface area contributed by atoms with Crippen molar-refractivity contribution >= 4 is 0 Å². The summed E-state index contributed by atoms with van der Waals surface area (Å²) in [6.45, 7) is 5.16. The molecule has 0 saturated heterocycles. The summed E-state index contributed by atoms with van der Waals surface area (Å²) in [5.74, 6) is 1.02. The maximum absolute atomic E-state index is 5.09. The second-order valence-corrected chi connectivity index (χ2v) is 6.47. The Hall–Kier alpha value is -3.13. The van der Waals surface area contributed by atoms with Crippen LogP contribution in [-0.2, 0) is 6.54 Å². The van der Waals surface area contributed by atoms with E-state index in [9.17, 15) is 0 Å². The molecule has 4 rings (SSSR count). The van der Waals surface area contributed by atoms with Crippen molar-refractivity contribution in [3.05, 3.63) is 90.5 Å². The second kappa shape index (κ2) is 7.01. The third-order valence-corrected chi connectivity index (χ3v) is 4.69. The van der Waals surface area contributed by atoms with Crippen molar-refractivity contribution in [3.8, 4) is 33.9 Å². The van der Waals surface area contributed by atoms with Crippen molar-refractivity contribution < 1.29 is 0 Å². The average Bonchev–Trinajstić information content (AvgIpc) is 3.09. The zero-order valence-electron chi connectivity index (χ0n) is 15.2. The van der Waals surface area contributed by atoms with Gasteiger partial charge in [0.15, 0.2) is 0 Å². The highest BCUT2D eigenvalue weighted by Crippen LogP contribution is 2.36. The molecule has 4 aromatic rings. The van der Waals surface area contributed by atoms with Crippen molar-refractivity contribution in [3.63, 3.8) is 0 Å². The number of aromatic nitrogens is 2. The Morgan fingerprint density at radius 3 is 1.85 bits per heavy atom. The summed E-state index contributed by atoms with van der Waals surface area (Å²) in [4.78, 5) is 5.09. The molecule has 0 aliphatic heterocycles. The van der Waals surface area contributed by atoms with Crippen LogP contribution in [0.5, 0.6) is 0 Å². The SMILES string of the molecule is CCn1c(-c2ccc(C)cc2)nc(-c2ccccc2)c1-c1ccccc1. The number of aryl methyl sites for hydroxylation is 1. The molecule has 26 heavy (non-hydrogen) atoms. The van der Waals surface area contributed by atoms with Crippen LogP contribution in [-0.4, -0.2) is 9.55 Å². The van der Waals surface area contributed by atoms with E-state index in [1.165, 1.54) is 16.8 Å². The lowest BCUT2D eigenvalue weighted by molar-refractivity contribution is 0.778. The number of hydrogen-bond acceptors (Lipinski definition) is 1. The molecule has 0 bridgehead atoms. The molecule has 0 saturated carbocycles. The first-order valence-corrected chi connectivity index (χ1v) is 9.06. The molecule has 0 amide bonds. The molecule has 0 spiro atoms. The Kier molecular flexibility index (Phi) is 4.40. The van der Waals surface area contributed by atoms with Gasteiger partial charge in [0, 0.05) is 23.2 Å². The topological polar surface area (TPSA) is 17.8 Å². The van der Waals surface area contributed by atoms with E-state index in [2.05, 4.69) is 97.3 Å². The van der Waals surface area contributed by atoms with E-state index in [-0.39, 0.29) is 0 Å². The van der Waals surface area contributed by atoms with Crippen molar-refractivity contribution in [1.29, 1.82) is 0 Å². The Morgan fingerprint density at radius 1 is 0.692 bits per heavy atom. The highest BCUT2D eigenvalue weighted by molar-refractivity contribution is 5.82. The molecule has 0 atom stereocenters. The predicted molar refractivity (Wildman–Crippen MR) is 109 cm³/mol. The summed E-state index contributed by atoms with van der Waals surface area (Å²) < 4.78 is 2.32. The maximum atomic E-state index is 5.09. The highest BCUT2D eigenvalue weighted by Gasteiger charge is 2.19. The van der Waals surface area contributed by atoms with Crippen molar-refractivity contribution in [1.82, 2.24) is 9.55 Å². The van der Waals surface area contributed by atoms with Gasteiger partial charge in [0.1, 0.15) is 5.82 Å². The molecule has 2 nitrogen and oxygen atoms in total. The zero-order valence-corrected chi connectivity index (χ0v) is 15.2. The number of hydrogen-bond donors (Lipinski definition) is 0. The summed E-state index contributed by atoms with van der Waals surface area (Å²) in [6, 6.07) is 29.6. The van der Waals surface area contributed by atoms with Crippen LogP contribution in [0, 0.1) is 6.92 Å². The van der Waals surface area contributed by atoms with Crippen molar-refractivity contribution in [2.24, 2.45) is 0 Å². The van der Waals surface area contributed by atoms with Crippen LogP contribution in [0.1, 0.15) is 12.5 Å². The normalized spacial score (nSPS) is 10.8. The first-order valence-electron chi connectivity index (χ1n) is 9.06. The second-order valence-electron chi connectivity index (χ2n) is 6.47. The van der Waals surface area contributed by atoms with Gasteiger partial charge in [0.2, 0.25) is 0 Å². The van der Waals surface area contributed by atoms with Gasteiger partial charge in [0.25, 0.3) is 0 Å². The first-order chi connectivity index (χ1) is 12.8. The van der Waals surface area contributed by atoms with Crippen molar-refractivity contribution in [2.45, 2.75) is 20.4 Å². The van der Waals surface area contributed by atoms with Crippen LogP contribution in [0.2, 0.25) is 0 Å². The third-order valence-electron chi connectivity index (χ3n) is 4.69. The van der Waals surface area contributed by atoms with Gasteiger partial charge in [-0.05, 0) is 13.8 Å². The lowest BCUT2D eigenvalue weighted by atomic mass is 10.0. The molecule has 128 valence electrons. The summed E-state index contributed by atoms with van der Waals surface area (Å²) in [5.41, 5.74) is 6.96. The minimum absolute atomic E-state index is 0.868. The van der Waals surface area contributed by atoms with Crippen LogP contribution >= 0.6 is 0 Å². The lowest BCUT2D eigenvalue weighted by Crippen LogP contribution is -2.00. The zero-order chi connectivity index (χ0) is 17.9. The van der Waals surface area contributed by atoms with E-state index >= 15 is 0 Å². The smallest absolute Gasteiger partial charge is 0.141 e. The third kappa shape index (κ3) is 2.95. The van der Waals surface area contributed by atoms with E-state index in [1.54, 1.807) is 0 Å². The minimum Gasteiger partial charge on any atom is -0.324 e. The highest BCUT2D eigenvalue weighted by atomic mass is 15.1. The number of imidazole rings is 1. The Labute approximate surface area is 154 Å². The molecule has 1 aromatic heterocycles. The lowest BCUT2D eigenvalue weighted by Gasteiger charge is -2.11. The first kappa shape index (κ1) is 16.3. The van der Waals surface area contributed by atoms with Crippen LogP contribution in [0.25, 0.3) is 33.9 Å². The van der Waals surface area contributed by atoms with Gasteiger partial charge in [-0.3, -0.25) is 0 Å². The monoisotopic (exact) mass is 338 g/mol. The van der Waals surface area contributed by atoms with Crippen LogP contribution in [0.15, 0.2) is 84.9 Å². The van der Waals surface area contributed by atoms with E-state index < -0.39 is 0 Å². The molecule has 0 fully saturated rings. The van der Waals surface area contributed by atoms with Gasteiger partial charge >= 0.3 is 0 Å². The molecule has 1 heterocycles. The van der Waals surface area contributed by atoms with Gasteiger partial charge in [-0.1, -0.05) is 90.5 Å². The van der Waals surface area contributed by atoms with E-state index in [1.807, 2.05) is 6.07 Å². The fourth-order valence-electron chi connectivity index (χ4n) is 3.37. The Balaban J connectivity index is 2.00. The Morgan fingerprint density at radius 2 is 1.27 bits per heavy atom. The molecule has 0 aliphatic rings. The van der Waals surface area contributed by atoms with E-state index in [0.717, 1.165) is 29.2 Å². The van der Waals surface area contributed by atoms with Crippen molar-refractivity contribution in [2.75, 3.05) is 0 Å². The van der Waals surface area contributed by atoms with Crippen LogP contribution in [0.4, 0.5) is 0 Å². The van der Waals surface area contributed by atoms with Gasteiger partial charge in [-0.25, -0.2) is 4.98 Å². The summed E-state index contributed by atoms with van der Waals surface area (Å²) in [7, 11) is 0. The minimum atomic E-state index is 0.868. The largest absolute Gasteiger partial charge is 0.324 e. The van der Waals surface area contributed by atoms with Crippen LogP contribution < -0.4 is 0 Å². The molecule has 0 aliphatic carbocycles. The number of benzene rings is 3. The quantitative estimate of drug-likeness (QED) is 0.432. The van der Waals surface area contributed by atoms with Gasteiger partial charge < -0.3 is 4.57 Å². The number of nitrogens with zero attached hydrogens (tertiary/aromatic N) is 2. The fourth-order valence-corrected chi connectivity index (χ4v) is 3.37. The number of rotatable bonds is 4. The summed E-state index contributed by atoms with van der Waals surface area (Å²) in [6.07, 6.45) is 0. The summed E-state index contributed by atoms with van der Waals surface area (Å²) in [5, 5.41) is 0. The molecular formula is C24H22N2. The van der Waals surface area contributed by atoms with Gasteiger partial charge in [-0.15, -0.1) is 0 Å².